The first kappa shape index (κ1) is 11.6. The lowest BCUT2D eigenvalue weighted by atomic mass is 10.2. The zero-order valence-electron chi connectivity index (χ0n) is 10.8. The molecule has 0 saturated carbocycles. The fourth-order valence-corrected chi connectivity index (χ4v) is 3.54. The molecular weight excluding hydrogens is 262 g/mol. The Kier molecular flexibility index (Phi) is 2.75. The lowest BCUT2D eigenvalue weighted by molar-refractivity contribution is 1.16. The molecule has 2 heteroatoms. The van der Waals surface area contributed by atoms with Crippen LogP contribution >= 0.6 is 11.8 Å². The topological polar surface area (TPSA) is 3.24 Å². The molecule has 95 valence electrons. The number of fused-ring (bicyclic) bond motifs is 2. The third-order valence-corrected chi connectivity index (χ3v) is 4.50. The van der Waals surface area contributed by atoms with E-state index in [2.05, 4.69) is 71.6 Å². The molecular formula is C18H12NS. The smallest absolute Gasteiger partial charge is 0.0602 e. The molecule has 3 aromatic rings. The summed E-state index contributed by atoms with van der Waals surface area (Å²) in [6.07, 6.45) is 0. The van der Waals surface area contributed by atoms with Crippen LogP contribution in [0.25, 0.3) is 0 Å². The Balaban J connectivity index is 1.98. The van der Waals surface area contributed by atoms with Crippen molar-refractivity contribution in [1.82, 2.24) is 0 Å². The quantitative estimate of drug-likeness (QED) is 0.456. The number of nitrogens with zero attached hydrogens (tertiary/aromatic N) is 1. The minimum atomic E-state index is 1.19. The van der Waals surface area contributed by atoms with Crippen molar-refractivity contribution in [3.8, 4) is 0 Å². The summed E-state index contributed by atoms with van der Waals surface area (Å²) >= 11 is 1.81. The van der Waals surface area contributed by atoms with E-state index in [9.17, 15) is 0 Å². The number of hydrogen-bond acceptors (Lipinski definition) is 2. The first-order valence-electron chi connectivity index (χ1n) is 6.56. The van der Waals surface area contributed by atoms with Crippen molar-refractivity contribution >= 4 is 28.8 Å². The lowest BCUT2D eigenvalue weighted by Gasteiger charge is -2.32. The van der Waals surface area contributed by atoms with Crippen molar-refractivity contribution in [1.29, 1.82) is 0 Å². The van der Waals surface area contributed by atoms with Gasteiger partial charge in [0.25, 0.3) is 0 Å². The summed E-state index contributed by atoms with van der Waals surface area (Å²) in [7, 11) is 0. The van der Waals surface area contributed by atoms with Crippen molar-refractivity contribution < 1.29 is 0 Å². The summed E-state index contributed by atoms with van der Waals surface area (Å²) in [6.45, 7) is 0. The maximum absolute atomic E-state index is 3.18. The van der Waals surface area contributed by atoms with Crippen molar-refractivity contribution in [2.75, 3.05) is 4.90 Å². The number of anilines is 3. The SMILES string of the molecule is [c]1ccc2c(c1)Sc1ccccc1N2c1ccccc1. The van der Waals surface area contributed by atoms with Crippen LogP contribution in [0.4, 0.5) is 17.1 Å². The van der Waals surface area contributed by atoms with Crippen LogP contribution in [-0.4, -0.2) is 0 Å². The first-order chi connectivity index (χ1) is 9.93. The Labute approximate surface area is 122 Å². The van der Waals surface area contributed by atoms with Crippen molar-refractivity contribution in [2.24, 2.45) is 0 Å². The van der Waals surface area contributed by atoms with Gasteiger partial charge in [-0.1, -0.05) is 48.2 Å². The third-order valence-electron chi connectivity index (χ3n) is 3.39. The molecule has 0 N–H and O–H groups in total. The van der Waals surface area contributed by atoms with Gasteiger partial charge in [0.05, 0.1) is 11.4 Å². The van der Waals surface area contributed by atoms with Gasteiger partial charge in [0.2, 0.25) is 0 Å². The average molecular weight is 274 g/mol. The Morgan fingerprint density at radius 3 is 2.40 bits per heavy atom. The molecule has 0 atom stereocenters. The minimum Gasteiger partial charge on any atom is -0.308 e. The zero-order chi connectivity index (χ0) is 13.4. The highest BCUT2D eigenvalue weighted by molar-refractivity contribution is 7.99. The fraction of sp³-hybridized carbons (Fsp3) is 0. The summed E-state index contributed by atoms with van der Waals surface area (Å²) in [5, 5.41) is 0. The van der Waals surface area contributed by atoms with E-state index in [0.717, 1.165) is 0 Å². The number of rotatable bonds is 1. The highest BCUT2D eigenvalue weighted by Crippen LogP contribution is 2.50. The van der Waals surface area contributed by atoms with Crippen molar-refractivity contribution in [3.05, 3.63) is 78.9 Å². The standard InChI is InChI=1S/C18H12NS/c1-2-8-14(9-3-1)19-15-10-4-6-12-17(15)20-18-13-7-5-11-16(18)19/h1-6,8-13H. The summed E-state index contributed by atoms with van der Waals surface area (Å²) in [5.41, 5.74) is 3.65. The molecule has 0 saturated heterocycles. The summed E-state index contributed by atoms with van der Waals surface area (Å²) in [5.74, 6) is 0. The summed E-state index contributed by atoms with van der Waals surface area (Å²) < 4.78 is 0. The van der Waals surface area contributed by atoms with Crippen molar-refractivity contribution in [2.45, 2.75) is 9.79 Å². The molecule has 4 rings (SSSR count). The van der Waals surface area contributed by atoms with Gasteiger partial charge in [-0.05, 0) is 42.5 Å². The van der Waals surface area contributed by atoms with E-state index in [4.69, 9.17) is 0 Å². The molecule has 1 radical (unpaired) electrons. The van der Waals surface area contributed by atoms with Gasteiger partial charge < -0.3 is 4.90 Å². The van der Waals surface area contributed by atoms with Crippen LogP contribution in [0.5, 0.6) is 0 Å². The maximum Gasteiger partial charge on any atom is 0.0602 e. The Morgan fingerprint density at radius 2 is 1.50 bits per heavy atom. The highest BCUT2D eigenvalue weighted by Gasteiger charge is 2.23. The van der Waals surface area contributed by atoms with Gasteiger partial charge in [0.1, 0.15) is 0 Å². The van der Waals surface area contributed by atoms with E-state index in [-0.39, 0.29) is 0 Å². The van der Waals surface area contributed by atoms with E-state index in [1.165, 1.54) is 26.9 Å². The molecule has 1 heterocycles. The monoisotopic (exact) mass is 274 g/mol. The first-order valence-corrected chi connectivity index (χ1v) is 7.37. The fourth-order valence-electron chi connectivity index (χ4n) is 2.51. The van der Waals surface area contributed by atoms with Gasteiger partial charge in [-0.25, -0.2) is 0 Å². The van der Waals surface area contributed by atoms with Gasteiger partial charge in [0.15, 0.2) is 0 Å². The molecule has 0 spiro atoms. The van der Waals surface area contributed by atoms with Crippen LogP contribution in [-0.2, 0) is 0 Å². The molecule has 0 bridgehead atoms. The zero-order valence-corrected chi connectivity index (χ0v) is 11.6. The largest absolute Gasteiger partial charge is 0.308 e. The molecule has 0 fully saturated rings. The van der Waals surface area contributed by atoms with Crippen LogP contribution in [0.1, 0.15) is 0 Å². The molecule has 0 amide bonds. The third kappa shape index (κ3) is 1.81. The van der Waals surface area contributed by atoms with E-state index in [0.29, 0.717) is 0 Å². The molecule has 3 aromatic carbocycles. The number of para-hydroxylation sites is 2. The summed E-state index contributed by atoms with van der Waals surface area (Å²) in [4.78, 5) is 4.84. The van der Waals surface area contributed by atoms with Crippen LogP contribution in [0.2, 0.25) is 0 Å². The maximum atomic E-state index is 3.18. The second-order valence-electron chi connectivity index (χ2n) is 4.63. The Morgan fingerprint density at radius 1 is 0.750 bits per heavy atom. The van der Waals surface area contributed by atoms with Gasteiger partial charge in [0, 0.05) is 15.5 Å². The molecule has 1 nitrogen and oxygen atoms in total. The Bertz CT molecular complexity index is 707. The lowest BCUT2D eigenvalue weighted by Crippen LogP contribution is -2.14. The summed E-state index contributed by atoms with van der Waals surface area (Å²) in [6, 6.07) is 28.4. The van der Waals surface area contributed by atoms with Gasteiger partial charge >= 0.3 is 0 Å². The van der Waals surface area contributed by atoms with E-state index >= 15 is 0 Å². The molecule has 1 aliphatic heterocycles. The van der Waals surface area contributed by atoms with Gasteiger partial charge in [-0.2, -0.15) is 0 Å². The second kappa shape index (κ2) is 4.73. The highest BCUT2D eigenvalue weighted by atomic mass is 32.2. The molecule has 20 heavy (non-hydrogen) atoms. The van der Waals surface area contributed by atoms with E-state index < -0.39 is 0 Å². The Hall–Kier alpha value is -2.19. The molecule has 0 aliphatic carbocycles. The predicted molar refractivity (Wildman–Crippen MR) is 84.1 cm³/mol. The van der Waals surface area contributed by atoms with Crippen LogP contribution in [0.3, 0.4) is 0 Å². The normalized spacial score (nSPS) is 12.7. The van der Waals surface area contributed by atoms with Crippen LogP contribution in [0, 0.1) is 6.07 Å². The van der Waals surface area contributed by atoms with Gasteiger partial charge in [-0.15, -0.1) is 0 Å². The van der Waals surface area contributed by atoms with E-state index in [1.54, 1.807) is 0 Å². The molecule has 1 aliphatic rings. The minimum absolute atomic E-state index is 1.19. The predicted octanol–water partition coefficient (Wildman–Crippen LogP) is 5.42. The van der Waals surface area contributed by atoms with E-state index in [1.807, 2.05) is 23.9 Å². The second-order valence-corrected chi connectivity index (χ2v) is 5.72. The van der Waals surface area contributed by atoms with Crippen molar-refractivity contribution in [3.63, 3.8) is 0 Å². The van der Waals surface area contributed by atoms with Crippen LogP contribution in [0.15, 0.2) is 82.6 Å². The van der Waals surface area contributed by atoms with Crippen LogP contribution < -0.4 is 4.90 Å². The average Bonchev–Trinajstić information content (AvgIpc) is 2.53. The molecule has 0 aromatic heterocycles. The van der Waals surface area contributed by atoms with Gasteiger partial charge in [-0.3, -0.25) is 0 Å². The number of benzene rings is 3. The number of hydrogen-bond donors (Lipinski definition) is 0. The molecule has 0 unspecified atom stereocenters.